The number of hydrogen-bond donors (Lipinski definition) is 1. The number of carbonyl (C=O) groups excluding carboxylic acids is 1. The number of carbonyl (C=O) groups is 1. The van der Waals surface area contributed by atoms with Gasteiger partial charge in [0.05, 0.1) is 0 Å². The summed E-state index contributed by atoms with van der Waals surface area (Å²) in [6.07, 6.45) is 4.40. The van der Waals surface area contributed by atoms with Gasteiger partial charge in [-0.05, 0) is 25.8 Å². The maximum Gasteiger partial charge on any atom is 0.142 e. The highest BCUT2D eigenvalue weighted by atomic mass is 16.1. The second-order valence-electron chi connectivity index (χ2n) is 4.83. The number of nitrogens with one attached hydrogen (secondary N) is 1. The van der Waals surface area contributed by atoms with Crippen molar-refractivity contribution >= 4 is 5.78 Å². The van der Waals surface area contributed by atoms with Crippen molar-refractivity contribution < 1.29 is 4.79 Å². The largest absolute Gasteiger partial charge is 0.316 e. The van der Waals surface area contributed by atoms with Gasteiger partial charge in [-0.2, -0.15) is 0 Å². The topological polar surface area (TPSA) is 29.1 Å². The van der Waals surface area contributed by atoms with Crippen LogP contribution >= 0.6 is 0 Å². The van der Waals surface area contributed by atoms with Gasteiger partial charge in [0.15, 0.2) is 0 Å². The Morgan fingerprint density at radius 2 is 2.21 bits per heavy atom. The van der Waals surface area contributed by atoms with Gasteiger partial charge < -0.3 is 5.32 Å². The first-order valence-corrected chi connectivity index (χ1v) is 5.87. The van der Waals surface area contributed by atoms with E-state index in [0.717, 1.165) is 38.8 Å². The Bertz CT molecular complexity index is 187. The zero-order chi connectivity index (χ0) is 10.6. The van der Waals surface area contributed by atoms with Crippen LogP contribution in [0, 0.1) is 11.3 Å². The lowest BCUT2D eigenvalue weighted by Gasteiger charge is -2.37. The van der Waals surface area contributed by atoms with Crippen LogP contribution in [0.5, 0.6) is 0 Å². The molecule has 82 valence electrons. The molecule has 1 rings (SSSR count). The second-order valence-corrected chi connectivity index (χ2v) is 4.83. The van der Waals surface area contributed by atoms with E-state index in [9.17, 15) is 4.79 Å². The van der Waals surface area contributed by atoms with E-state index in [2.05, 4.69) is 12.2 Å². The minimum atomic E-state index is -0.0405. The lowest BCUT2D eigenvalue weighted by Crippen LogP contribution is -2.47. The van der Waals surface area contributed by atoms with Crippen LogP contribution in [0.2, 0.25) is 0 Å². The molecule has 2 nitrogen and oxygen atoms in total. The average molecular weight is 197 g/mol. The van der Waals surface area contributed by atoms with Gasteiger partial charge in [-0.25, -0.2) is 0 Å². The van der Waals surface area contributed by atoms with E-state index < -0.39 is 0 Å². The van der Waals surface area contributed by atoms with E-state index in [1.807, 2.05) is 13.8 Å². The van der Waals surface area contributed by atoms with E-state index in [0.29, 0.717) is 5.78 Å². The summed E-state index contributed by atoms with van der Waals surface area (Å²) in [4.78, 5) is 12.2. The molecule has 1 aliphatic heterocycles. The van der Waals surface area contributed by atoms with Crippen LogP contribution < -0.4 is 5.32 Å². The Hall–Kier alpha value is -0.370. The Balaban J connectivity index is 2.74. The van der Waals surface area contributed by atoms with Crippen molar-refractivity contribution in [1.29, 1.82) is 0 Å². The summed E-state index contributed by atoms with van der Waals surface area (Å²) in [5, 5.41) is 3.38. The molecule has 14 heavy (non-hydrogen) atoms. The molecular weight excluding hydrogens is 174 g/mol. The van der Waals surface area contributed by atoms with Crippen LogP contribution in [0.4, 0.5) is 0 Å². The highest BCUT2D eigenvalue weighted by Gasteiger charge is 2.39. The molecule has 1 N–H and O–H groups in total. The molecule has 0 aromatic rings. The fourth-order valence-electron chi connectivity index (χ4n) is 2.61. The van der Waals surface area contributed by atoms with Crippen LogP contribution in [0.25, 0.3) is 0 Å². The number of ketones is 1. The minimum Gasteiger partial charge on any atom is -0.316 e. The Labute approximate surface area is 87.5 Å². The fourth-order valence-corrected chi connectivity index (χ4v) is 2.61. The molecule has 1 unspecified atom stereocenters. The number of piperidine rings is 1. The van der Waals surface area contributed by atoms with Crippen molar-refractivity contribution in [3.63, 3.8) is 0 Å². The van der Waals surface area contributed by atoms with Gasteiger partial charge in [-0.15, -0.1) is 0 Å². The molecule has 0 amide bonds. The average Bonchev–Trinajstić information content (AvgIpc) is 2.18. The number of hydrogen-bond acceptors (Lipinski definition) is 2. The summed E-state index contributed by atoms with van der Waals surface area (Å²) in [6.45, 7) is 8.20. The van der Waals surface area contributed by atoms with Gasteiger partial charge in [0.1, 0.15) is 5.78 Å². The molecule has 0 radical (unpaired) electrons. The van der Waals surface area contributed by atoms with E-state index in [1.165, 1.54) is 0 Å². The maximum absolute atomic E-state index is 12.2. The van der Waals surface area contributed by atoms with Crippen molar-refractivity contribution in [2.45, 2.75) is 46.5 Å². The number of rotatable bonds is 4. The third-order valence-corrected chi connectivity index (χ3v) is 3.25. The Morgan fingerprint density at radius 1 is 1.50 bits per heavy atom. The lowest BCUT2D eigenvalue weighted by atomic mass is 9.70. The van der Waals surface area contributed by atoms with Crippen molar-refractivity contribution in [2.75, 3.05) is 13.1 Å². The lowest BCUT2D eigenvalue weighted by molar-refractivity contribution is -0.133. The molecule has 2 heteroatoms. The minimum absolute atomic E-state index is 0.0405. The molecule has 0 spiro atoms. The number of Topliss-reactive ketones (excluding diaryl/α,β-unsaturated/α-hetero) is 1. The monoisotopic (exact) mass is 197 g/mol. The van der Waals surface area contributed by atoms with Crippen molar-refractivity contribution in [1.82, 2.24) is 5.32 Å². The summed E-state index contributed by atoms with van der Waals surface area (Å²) < 4.78 is 0. The molecule has 1 heterocycles. The summed E-state index contributed by atoms with van der Waals surface area (Å²) in [7, 11) is 0. The molecule has 0 aromatic carbocycles. The first-order valence-electron chi connectivity index (χ1n) is 5.87. The van der Waals surface area contributed by atoms with Crippen LogP contribution in [0.15, 0.2) is 0 Å². The van der Waals surface area contributed by atoms with E-state index in [4.69, 9.17) is 0 Å². The second kappa shape index (κ2) is 4.92. The molecule has 0 aliphatic carbocycles. The normalized spacial score (nSPS) is 28.0. The summed E-state index contributed by atoms with van der Waals surface area (Å²) in [5.41, 5.74) is -0.0405. The van der Waals surface area contributed by atoms with Crippen LogP contribution in [-0.2, 0) is 4.79 Å². The van der Waals surface area contributed by atoms with Crippen molar-refractivity contribution in [2.24, 2.45) is 11.3 Å². The van der Waals surface area contributed by atoms with Crippen LogP contribution in [0.1, 0.15) is 46.5 Å². The van der Waals surface area contributed by atoms with Gasteiger partial charge in [-0.1, -0.05) is 27.2 Å². The third-order valence-electron chi connectivity index (χ3n) is 3.25. The van der Waals surface area contributed by atoms with E-state index in [-0.39, 0.29) is 11.3 Å². The fraction of sp³-hybridized carbons (Fsp3) is 0.917. The highest BCUT2D eigenvalue weighted by molar-refractivity contribution is 5.86. The quantitative estimate of drug-likeness (QED) is 0.749. The maximum atomic E-state index is 12.2. The summed E-state index contributed by atoms with van der Waals surface area (Å²) in [6, 6.07) is 0. The standard InChI is InChI=1S/C12H23NO/c1-4-6-12(11(14)10(2)3)7-5-8-13-9-12/h10,13H,4-9H2,1-3H3. The van der Waals surface area contributed by atoms with E-state index in [1.54, 1.807) is 0 Å². The predicted octanol–water partition coefficient (Wildman–Crippen LogP) is 2.38. The molecule has 1 atom stereocenters. The van der Waals surface area contributed by atoms with Crippen LogP contribution in [0.3, 0.4) is 0 Å². The predicted molar refractivity (Wildman–Crippen MR) is 59.3 cm³/mol. The van der Waals surface area contributed by atoms with Crippen molar-refractivity contribution in [3.8, 4) is 0 Å². The van der Waals surface area contributed by atoms with Gasteiger partial charge in [0.25, 0.3) is 0 Å². The van der Waals surface area contributed by atoms with Gasteiger partial charge in [0.2, 0.25) is 0 Å². The van der Waals surface area contributed by atoms with Gasteiger partial charge in [-0.3, -0.25) is 4.79 Å². The zero-order valence-electron chi connectivity index (χ0n) is 9.73. The first kappa shape index (κ1) is 11.7. The van der Waals surface area contributed by atoms with Gasteiger partial charge in [0, 0.05) is 17.9 Å². The van der Waals surface area contributed by atoms with Crippen molar-refractivity contribution in [3.05, 3.63) is 0 Å². The summed E-state index contributed by atoms with van der Waals surface area (Å²) >= 11 is 0. The third kappa shape index (κ3) is 2.35. The highest BCUT2D eigenvalue weighted by Crippen LogP contribution is 2.34. The molecular formula is C12H23NO. The zero-order valence-corrected chi connectivity index (χ0v) is 9.73. The summed E-state index contributed by atoms with van der Waals surface area (Å²) in [5.74, 6) is 0.646. The first-order chi connectivity index (χ1) is 6.62. The molecule has 1 saturated heterocycles. The molecule has 0 bridgehead atoms. The smallest absolute Gasteiger partial charge is 0.142 e. The Morgan fingerprint density at radius 3 is 2.64 bits per heavy atom. The van der Waals surface area contributed by atoms with Gasteiger partial charge >= 0.3 is 0 Å². The molecule has 0 saturated carbocycles. The SMILES string of the molecule is CCCC1(C(=O)C(C)C)CCCNC1. The Kier molecular flexibility index (Phi) is 4.11. The molecule has 0 aromatic heterocycles. The van der Waals surface area contributed by atoms with Crippen LogP contribution in [-0.4, -0.2) is 18.9 Å². The van der Waals surface area contributed by atoms with E-state index >= 15 is 0 Å². The molecule has 1 aliphatic rings. The molecule has 1 fully saturated rings.